The largest absolute Gasteiger partial charge is 0.481 e. The van der Waals surface area contributed by atoms with Gasteiger partial charge in [0.2, 0.25) is 5.91 Å². The van der Waals surface area contributed by atoms with Gasteiger partial charge in [0.15, 0.2) is 0 Å². The molecule has 31 heavy (non-hydrogen) atoms. The number of nitriles is 1. The molecule has 1 atom stereocenters. The SMILES string of the molecule is COC(c1ccc(-c2ccccc2C#N)cc1)c1ccc(NC(=O)CCC(=O)O)nc1. The van der Waals surface area contributed by atoms with Crippen molar-refractivity contribution in [2.75, 3.05) is 12.4 Å². The second-order valence-electron chi connectivity index (χ2n) is 6.81. The van der Waals surface area contributed by atoms with E-state index < -0.39 is 11.9 Å². The fourth-order valence-corrected chi connectivity index (χ4v) is 3.19. The molecule has 0 saturated heterocycles. The Bertz CT molecular complexity index is 1100. The lowest BCUT2D eigenvalue weighted by Crippen LogP contribution is -2.14. The Morgan fingerprint density at radius 1 is 1.06 bits per heavy atom. The topological polar surface area (TPSA) is 112 Å². The van der Waals surface area contributed by atoms with Gasteiger partial charge in [0.05, 0.1) is 18.1 Å². The van der Waals surface area contributed by atoms with Crippen LogP contribution in [0.25, 0.3) is 11.1 Å². The number of nitrogens with zero attached hydrogens (tertiary/aromatic N) is 2. The Kier molecular flexibility index (Phi) is 7.09. The fraction of sp³-hybridized carbons (Fsp3) is 0.167. The minimum absolute atomic E-state index is 0.110. The van der Waals surface area contributed by atoms with Gasteiger partial charge < -0.3 is 15.2 Å². The number of methoxy groups -OCH3 is 1. The van der Waals surface area contributed by atoms with Gasteiger partial charge in [-0.15, -0.1) is 0 Å². The third-order valence-electron chi connectivity index (χ3n) is 4.73. The summed E-state index contributed by atoms with van der Waals surface area (Å²) in [6.07, 6.45) is 0.912. The molecule has 0 radical (unpaired) electrons. The summed E-state index contributed by atoms with van der Waals surface area (Å²) in [5.41, 5.74) is 4.14. The molecule has 0 aliphatic heterocycles. The molecular formula is C24H21N3O4. The van der Waals surface area contributed by atoms with Crippen LogP contribution in [0.1, 0.15) is 35.6 Å². The molecule has 2 N–H and O–H groups in total. The quantitative estimate of drug-likeness (QED) is 0.571. The summed E-state index contributed by atoms with van der Waals surface area (Å²) in [5, 5.41) is 20.5. The number of carboxylic acid groups (broad SMARTS) is 1. The number of benzene rings is 2. The van der Waals surface area contributed by atoms with E-state index in [0.29, 0.717) is 11.4 Å². The number of carbonyl (C=O) groups excluding carboxylic acids is 1. The second kappa shape index (κ2) is 10.1. The number of rotatable bonds is 8. The van der Waals surface area contributed by atoms with Crippen LogP contribution in [0, 0.1) is 11.3 Å². The zero-order valence-electron chi connectivity index (χ0n) is 16.9. The third kappa shape index (κ3) is 5.53. The van der Waals surface area contributed by atoms with E-state index in [9.17, 15) is 14.9 Å². The third-order valence-corrected chi connectivity index (χ3v) is 4.73. The Morgan fingerprint density at radius 2 is 1.77 bits per heavy atom. The van der Waals surface area contributed by atoms with Gasteiger partial charge in [0.1, 0.15) is 11.9 Å². The molecular weight excluding hydrogens is 394 g/mol. The average Bonchev–Trinajstić information content (AvgIpc) is 2.80. The predicted octanol–water partition coefficient (Wildman–Crippen LogP) is 4.16. The highest BCUT2D eigenvalue weighted by atomic mass is 16.5. The molecule has 156 valence electrons. The summed E-state index contributed by atoms with van der Waals surface area (Å²) in [6, 6.07) is 20.9. The first-order chi connectivity index (χ1) is 15.0. The van der Waals surface area contributed by atoms with Gasteiger partial charge in [0, 0.05) is 25.3 Å². The van der Waals surface area contributed by atoms with Crippen LogP contribution in [-0.2, 0) is 14.3 Å². The molecule has 0 saturated carbocycles. The van der Waals surface area contributed by atoms with E-state index in [0.717, 1.165) is 22.3 Å². The molecule has 7 nitrogen and oxygen atoms in total. The van der Waals surface area contributed by atoms with Crippen LogP contribution in [0.5, 0.6) is 0 Å². The Hall–Kier alpha value is -4.02. The number of anilines is 1. The van der Waals surface area contributed by atoms with Crippen LogP contribution in [0.2, 0.25) is 0 Å². The maximum absolute atomic E-state index is 11.7. The highest BCUT2D eigenvalue weighted by Crippen LogP contribution is 2.29. The number of pyridine rings is 1. The van der Waals surface area contributed by atoms with E-state index in [4.69, 9.17) is 9.84 Å². The minimum atomic E-state index is -1.02. The molecule has 0 fully saturated rings. The average molecular weight is 415 g/mol. The van der Waals surface area contributed by atoms with Crippen molar-refractivity contribution in [3.8, 4) is 17.2 Å². The van der Waals surface area contributed by atoms with Gasteiger partial charge >= 0.3 is 5.97 Å². The van der Waals surface area contributed by atoms with E-state index in [1.54, 1.807) is 31.5 Å². The van der Waals surface area contributed by atoms with Crippen molar-refractivity contribution in [1.29, 1.82) is 5.26 Å². The molecule has 7 heteroatoms. The molecule has 3 rings (SSSR count). The van der Waals surface area contributed by atoms with Crippen LogP contribution >= 0.6 is 0 Å². The number of aromatic nitrogens is 1. The van der Waals surface area contributed by atoms with Crippen molar-refractivity contribution in [3.05, 3.63) is 83.6 Å². The number of hydrogen-bond acceptors (Lipinski definition) is 5. The number of hydrogen-bond donors (Lipinski definition) is 2. The van der Waals surface area contributed by atoms with E-state index in [1.165, 1.54) is 0 Å². The van der Waals surface area contributed by atoms with Crippen molar-refractivity contribution >= 4 is 17.7 Å². The lowest BCUT2D eigenvalue weighted by molar-refractivity contribution is -0.138. The number of carboxylic acids is 1. The monoisotopic (exact) mass is 415 g/mol. The lowest BCUT2D eigenvalue weighted by atomic mass is 9.96. The number of nitrogens with one attached hydrogen (secondary N) is 1. The van der Waals surface area contributed by atoms with Gasteiger partial charge in [-0.1, -0.05) is 48.5 Å². The number of carbonyl (C=O) groups is 2. The molecule has 1 aromatic heterocycles. The van der Waals surface area contributed by atoms with Crippen LogP contribution in [0.3, 0.4) is 0 Å². The molecule has 0 aliphatic rings. The second-order valence-corrected chi connectivity index (χ2v) is 6.81. The molecule has 3 aromatic rings. The summed E-state index contributed by atoms with van der Waals surface area (Å²) >= 11 is 0. The highest BCUT2D eigenvalue weighted by molar-refractivity contribution is 5.91. The van der Waals surface area contributed by atoms with E-state index >= 15 is 0 Å². The van der Waals surface area contributed by atoms with Crippen LogP contribution in [-0.4, -0.2) is 29.1 Å². The Balaban J connectivity index is 1.74. The van der Waals surface area contributed by atoms with Gasteiger partial charge in [-0.25, -0.2) is 4.98 Å². The molecule has 0 bridgehead atoms. The van der Waals surface area contributed by atoms with Crippen LogP contribution in [0.15, 0.2) is 66.9 Å². The van der Waals surface area contributed by atoms with Crippen molar-refractivity contribution in [2.45, 2.75) is 18.9 Å². The number of aliphatic carboxylic acids is 1. The highest BCUT2D eigenvalue weighted by Gasteiger charge is 2.15. The molecule has 0 aliphatic carbocycles. The van der Waals surface area contributed by atoms with Gasteiger partial charge in [-0.3, -0.25) is 9.59 Å². The van der Waals surface area contributed by atoms with Crippen molar-refractivity contribution in [3.63, 3.8) is 0 Å². The Morgan fingerprint density at radius 3 is 2.39 bits per heavy atom. The first-order valence-corrected chi connectivity index (χ1v) is 9.61. The molecule has 1 heterocycles. The normalized spacial score (nSPS) is 11.4. The first-order valence-electron chi connectivity index (χ1n) is 9.61. The fourth-order valence-electron chi connectivity index (χ4n) is 3.19. The van der Waals surface area contributed by atoms with Gasteiger partial charge in [-0.05, 0) is 28.8 Å². The summed E-state index contributed by atoms with van der Waals surface area (Å²) in [5.74, 6) is -1.08. The zero-order chi connectivity index (χ0) is 22.2. The van der Waals surface area contributed by atoms with Crippen molar-refractivity contribution < 1.29 is 19.4 Å². The standard InChI is InChI=1S/C24H21N3O4/c1-31-24(19-10-11-21(26-15-19)27-22(28)12-13-23(29)30)17-8-6-16(7-9-17)20-5-3-2-4-18(20)14-25/h2-11,15,24H,12-13H2,1H3,(H,29,30)(H,26,27,28). The summed E-state index contributed by atoms with van der Waals surface area (Å²) in [7, 11) is 1.60. The van der Waals surface area contributed by atoms with E-state index in [2.05, 4.69) is 16.4 Å². The zero-order valence-corrected chi connectivity index (χ0v) is 16.9. The van der Waals surface area contributed by atoms with Crippen LogP contribution in [0.4, 0.5) is 5.82 Å². The summed E-state index contributed by atoms with van der Waals surface area (Å²) in [6.45, 7) is 0. The smallest absolute Gasteiger partial charge is 0.303 e. The minimum Gasteiger partial charge on any atom is -0.481 e. The Labute approximate surface area is 179 Å². The first kappa shape index (κ1) is 21.7. The van der Waals surface area contributed by atoms with Gasteiger partial charge in [0.25, 0.3) is 0 Å². The lowest BCUT2D eigenvalue weighted by Gasteiger charge is -2.17. The van der Waals surface area contributed by atoms with E-state index in [1.807, 2.05) is 42.5 Å². The van der Waals surface area contributed by atoms with Gasteiger partial charge in [-0.2, -0.15) is 5.26 Å². The summed E-state index contributed by atoms with van der Waals surface area (Å²) < 4.78 is 5.65. The van der Waals surface area contributed by atoms with Crippen LogP contribution < -0.4 is 5.32 Å². The molecule has 1 unspecified atom stereocenters. The van der Waals surface area contributed by atoms with Crippen molar-refractivity contribution in [1.82, 2.24) is 4.98 Å². The molecule has 2 aromatic carbocycles. The number of ether oxygens (including phenoxy) is 1. The predicted molar refractivity (Wildman–Crippen MR) is 115 cm³/mol. The maximum atomic E-state index is 11.7. The summed E-state index contributed by atoms with van der Waals surface area (Å²) in [4.78, 5) is 26.5. The molecule has 1 amide bonds. The number of amides is 1. The molecule has 0 spiro atoms. The maximum Gasteiger partial charge on any atom is 0.303 e. The van der Waals surface area contributed by atoms with E-state index in [-0.39, 0.29) is 18.9 Å². The van der Waals surface area contributed by atoms with Crippen molar-refractivity contribution in [2.24, 2.45) is 0 Å².